The Kier molecular flexibility index (Phi) is 3.01. The fraction of sp³-hybridized carbons (Fsp3) is 0.267. The lowest BCUT2D eigenvalue weighted by Crippen LogP contribution is -2.33. The van der Waals surface area contributed by atoms with Gasteiger partial charge in [-0.3, -0.25) is 9.20 Å². The van der Waals surface area contributed by atoms with Gasteiger partial charge in [-0.25, -0.2) is 9.48 Å². The molecule has 0 saturated heterocycles. The molecule has 0 spiro atoms. The molecule has 0 saturated carbocycles. The Labute approximate surface area is 120 Å². The molecular weight excluding hydrogens is 270 g/mol. The van der Waals surface area contributed by atoms with Crippen LogP contribution < -0.4 is 5.56 Å². The number of nitrogens with zero attached hydrogens (tertiary/aromatic N) is 3. The molecule has 1 atom stereocenters. The Bertz CT molecular complexity index is 908. The van der Waals surface area contributed by atoms with Crippen LogP contribution in [-0.2, 0) is 4.79 Å². The van der Waals surface area contributed by atoms with Gasteiger partial charge in [0.2, 0.25) is 0 Å². The molecule has 108 valence electrons. The number of hydrogen-bond acceptors (Lipinski definition) is 3. The Balaban J connectivity index is 2.41. The molecule has 0 bridgehead atoms. The number of carbonyl (C=O) groups is 1. The van der Waals surface area contributed by atoms with Crippen LogP contribution in [0.3, 0.4) is 0 Å². The highest BCUT2D eigenvalue weighted by Crippen LogP contribution is 2.19. The lowest BCUT2D eigenvalue weighted by molar-refractivity contribution is -0.141. The minimum atomic E-state index is -1.05. The lowest BCUT2D eigenvalue weighted by Gasteiger charge is -2.14. The predicted octanol–water partition coefficient (Wildman–Crippen LogP) is 1.99. The molecule has 0 aliphatic carbocycles. The number of aryl methyl sites for hydroxylation is 1. The monoisotopic (exact) mass is 285 g/mol. The summed E-state index contributed by atoms with van der Waals surface area (Å²) >= 11 is 0. The van der Waals surface area contributed by atoms with E-state index in [9.17, 15) is 14.7 Å². The van der Waals surface area contributed by atoms with Gasteiger partial charge in [0, 0.05) is 5.39 Å². The number of aromatic nitrogens is 3. The number of aliphatic carboxylic acids is 1. The normalized spacial score (nSPS) is 12.9. The van der Waals surface area contributed by atoms with E-state index in [-0.39, 0.29) is 5.56 Å². The van der Waals surface area contributed by atoms with Crippen molar-refractivity contribution in [2.45, 2.75) is 26.3 Å². The maximum Gasteiger partial charge on any atom is 0.328 e. The average Bonchev–Trinajstić information content (AvgIpc) is 2.84. The van der Waals surface area contributed by atoms with Crippen molar-refractivity contribution in [3.8, 4) is 0 Å². The quantitative estimate of drug-likeness (QED) is 0.798. The van der Waals surface area contributed by atoms with E-state index in [0.717, 1.165) is 15.6 Å². The molecule has 6 heteroatoms. The largest absolute Gasteiger partial charge is 0.480 e. The number of fused-ring (bicyclic) bond motifs is 3. The molecule has 0 fully saturated rings. The van der Waals surface area contributed by atoms with Gasteiger partial charge in [-0.1, -0.05) is 25.1 Å². The molecular formula is C15H15N3O3. The van der Waals surface area contributed by atoms with E-state index >= 15 is 0 Å². The summed E-state index contributed by atoms with van der Waals surface area (Å²) in [5.41, 5.74) is 0.958. The van der Waals surface area contributed by atoms with Crippen molar-refractivity contribution in [3.63, 3.8) is 0 Å². The highest BCUT2D eigenvalue weighted by molar-refractivity contribution is 5.87. The fourth-order valence-corrected chi connectivity index (χ4v) is 2.69. The summed E-state index contributed by atoms with van der Waals surface area (Å²) in [6.07, 6.45) is 0.304. The summed E-state index contributed by atoms with van der Waals surface area (Å²) in [7, 11) is 0. The molecule has 1 aromatic carbocycles. The third kappa shape index (κ3) is 1.91. The maximum atomic E-state index is 12.6. The predicted molar refractivity (Wildman–Crippen MR) is 78.7 cm³/mol. The minimum absolute atomic E-state index is 0.304. The van der Waals surface area contributed by atoms with Gasteiger partial charge in [-0.2, -0.15) is 5.10 Å². The molecule has 21 heavy (non-hydrogen) atoms. The van der Waals surface area contributed by atoms with Gasteiger partial charge >= 0.3 is 5.97 Å². The van der Waals surface area contributed by atoms with E-state index in [2.05, 4.69) is 5.10 Å². The number of carboxylic acid groups (broad SMARTS) is 1. The number of rotatable bonds is 3. The van der Waals surface area contributed by atoms with Crippen LogP contribution in [0.1, 0.15) is 25.2 Å². The molecule has 0 radical (unpaired) electrons. The average molecular weight is 285 g/mol. The molecule has 0 aliphatic rings. The lowest BCUT2D eigenvalue weighted by atomic mass is 10.2. The SMILES string of the molecule is CCC(C(=O)O)n1nc(C)n2c(cc3ccccc32)c1=O. The van der Waals surface area contributed by atoms with E-state index in [1.54, 1.807) is 24.3 Å². The minimum Gasteiger partial charge on any atom is -0.480 e. The molecule has 3 aromatic rings. The molecule has 1 N–H and O–H groups in total. The maximum absolute atomic E-state index is 12.6. The summed E-state index contributed by atoms with van der Waals surface area (Å²) in [5, 5.41) is 14.4. The Hall–Kier alpha value is -2.63. The first-order chi connectivity index (χ1) is 10.0. The van der Waals surface area contributed by atoms with Gasteiger partial charge in [-0.05, 0) is 25.5 Å². The molecule has 1 unspecified atom stereocenters. The van der Waals surface area contributed by atoms with Crippen LogP contribution in [-0.4, -0.2) is 25.3 Å². The van der Waals surface area contributed by atoms with Crippen molar-refractivity contribution in [1.29, 1.82) is 0 Å². The van der Waals surface area contributed by atoms with Gasteiger partial charge in [0.05, 0.1) is 5.52 Å². The van der Waals surface area contributed by atoms with Gasteiger partial charge in [0.25, 0.3) is 5.56 Å². The van der Waals surface area contributed by atoms with Crippen molar-refractivity contribution in [2.24, 2.45) is 0 Å². The molecule has 2 heterocycles. The second-order valence-corrected chi connectivity index (χ2v) is 4.98. The molecule has 3 rings (SSSR count). The van der Waals surface area contributed by atoms with Crippen LogP contribution in [0.5, 0.6) is 0 Å². The summed E-state index contributed by atoms with van der Waals surface area (Å²) in [4.78, 5) is 23.9. The molecule has 0 amide bonds. The second kappa shape index (κ2) is 4.73. The first-order valence-corrected chi connectivity index (χ1v) is 6.77. The highest BCUT2D eigenvalue weighted by atomic mass is 16.4. The summed E-state index contributed by atoms with van der Waals surface area (Å²) < 4.78 is 2.84. The molecule has 6 nitrogen and oxygen atoms in total. The van der Waals surface area contributed by atoms with Crippen LogP contribution in [0.15, 0.2) is 35.1 Å². The summed E-state index contributed by atoms with van der Waals surface area (Å²) in [6.45, 7) is 3.49. The number of benzene rings is 1. The standard InChI is InChI=1S/C15H15N3O3/c1-3-11(15(20)21)18-14(19)13-8-10-6-4-5-7-12(10)17(13)9(2)16-18/h4-8,11H,3H2,1-2H3,(H,20,21). The zero-order chi connectivity index (χ0) is 15.1. The zero-order valence-corrected chi connectivity index (χ0v) is 11.8. The van der Waals surface area contributed by atoms with Crippen LogP contribution in [0.4, 0.5) is 0 Å². The molecule has 0 aliphatic heterocycles. The van der Waals surface area contributed by atoms with E-state index in [1.165, 1.54) is 0 Å². The number of para-hydroxylation sites is 1. The number of carboxylic acids is 1. The topological polar surface area (TPSA) is 76.6 Å². The first-order valence-electron chi connectivity index (χ1n) is 6.77. The third-order valence-corrected chi connectivity index (χ3v) is 3.68. The van der Waals surface area contributed by atoms with Crippen LogP contribution in [0.2, 0.25) is 0 Å². The third-order valence-electron chi connectivity index (χ3n) is 3.68. The van der Waals surface area contributed by atoms with Gasteiger partial charge < -0.3 is 5.11 Å². The number of hydrogen-bond donors (Lipinski definition) is 1. The van der Waals surface area contributed by atoms with Crippen molar-refractivity contribution < 1.29 is 9.90 Å². The van der Waals surface area contributed by atoms with Gasteiger partial charge in [0.15, 0.2) is 6.04 Å². The van der Waals surface area contributed by atoms with Gasteiger partial charge in [0.1, 0.15) is 11.3 Å². The Morgan fingerprint density at radius 1 is 1.33 bits per heavy atom. The van der Waals surface area contributed by atoms with Crippen molar-refractivity contribution in [2.75, 3.05) is 0 Å². The first kappa shape index (κ1) is 13.4. The summed E-state index contributed by atoms with van der Waals surface area (Å²) in [6, 6.07) is 8.45. The Morgan fingerprint density at radius 3 is 2.71 bits per heavy atom. The van der Waals surface area contributed by atoms with E-state index in [4.69, 9.17) is 0 Å². The van der Waals surface area contributed by atoms with Crippen molar-refractivity contribution >= 4 is 22.4 Å². The van der Waals surface area contributed by atoms with Crippen molar-refractivity contribution in [1.82, 2.24) is 14.2 Å². The highest BCUT2D eigenvalue weighted by Gasteiger charge is 2.22. The van der Waals surface area contributed by atoms with Crippen LogP contribution in [0, 0.1) is 6.92 Å². The van der Waals surface area contributed by atoms with Gasteiger partial charge in [-0.15, -0.1) is 0 Å². The molecule has 2 aromatic heterocycles. The van der Waals surface area contributed by atoms with E-state index in [1.807, 2.05) is 24.3 Å². The van der Waals surface area contributed by atoms with E-state index in [0.29, 0.717) is 17.8 Å². The Morgan fingerprint density at radius 2 is 2.05 bits per heavy atom. The smallest absolute Gasteiger partial charge is 0.328 e. The fourth-order valence-electron chi connectivity index (χ4n) is 2.69. The van der Waals surface area contributed by atoms with Crippen LogP contribution in [0.25, 0.3) is 16.4 Å². The van der Waals surface area contributed by atoms with Crippen molar-refractivity contribution in [3.05, 3.63) is 46.5 Å². The zero-order valence-electron chi connectivity index (χ0n) is 11.8. The summed E-state index contributed by atoms with van der Waals surface area (Å²) in [5.74, 6) is -0.461. The van der Waals surface area contributed by atoms with Crippen LogP contribution >= 0.6 is 0 Å². The second-order valence-electron chi connectivity index (χ2n) is 4.98. The van der Waals surface area contributed by atoms with E-state index < -0.39 is 12.0 Å².